The van der Waals surface area contributed by atoms with Gasteiger partial charge >= 0.3 is 29.5 Å². The van der Waals surface area contributed by atoms with Gasteiger partial charge in [0.1, 0.15) is 0 Å². The molecule has 0 atom stereocenters. The van der Waals surface area contributed by atoms with E-state index in [4.69, 9.17) is 36.0 Å². The predicted molar refractivity (Wildman–Crippen MR) is 94.0 cm³/mol. The minimum Gasteiger partial charge on any atom is -0.463 e. The van der Waals surface area contributed by atoms with E-state index in [0.717, 1.165) is 12.2 Å². The molecule has 0 aliphatic rings. The van der Waals surface area contributed by atoms with E-state index in [1.165, 1.54) is 42.7 Å². The van der Waals surface area contributed by atoms with Gasteiger partial charge in [0.15, 0.2) is 6.23 Å². The molecule has 12 heteroatoms. The molecule has 0 radical (unpaired) electrons. The largest absolute Gasteiger partial charge is 0.539 e. The molecule has 0 amide bonds. The summed E-state index contributed by atoms with van der Waals surface area (Å²) in [6.07, 6.45) is 2.26. The Hall–Kier alpha value is -1.13. The van der Waals surface area contributed by atoms with Crippen molar-refractivity contribution in [1.82, 2.24) is 0 Å². The highest BCUT2D eigenvalue weighted by atomic mass is 28.4. The lowest BCUT2D eigenvalue weighted by Crippen LogP contribution is -2.48. The number of carbonyl (C=O) groups excluding carboxylic acids is 2. The van der Waals surface area contributed by atoms with Gasteiger partial charge in [-0.1, -0.05) is 0 Å². The maximum absolute atomic E-state index is 11.6. The van der Waals surface area contributed by atoms with Crippen LogP contribution in [0.3, 0.4) is 0 Å². The molecule has 0 aliphatic heterocycles. The lowest BCUT2D eigenvalue weighted by atomic mass is 10.5. The average Bonchev–Trinajstić information content (AvgIpc) is 2.68. The molecular formula is C14H28O10Si2. The highest BCUT2D eigenvalue weighted by molar-refractivity contribution is 6.60. The summed E-state index contributed by atoms with van der Waals surface area (Å²) in [6.45, 7) is 0.135. The van der Waals surface area contributed by atoms with Gasteiger partial charge in [-0.25, -0.2) is 9.59 Å². The summed E-state index contributed by atoms with van der Waals surface area (Å²) in [4.78, 5) is 23.2. The van der Waals surface area contributed by atoms with Gasteiger partial charge in [-0.3, -0.25) is 0 Å². The van der Waals surface area contributed by atoms with E-state index >= 15 is 0 Å². The average molecular weight is 413 g/mol. The zero-order chi connectivity index (χ0) is 20.1. The molecule has 0 saturated carbocycles. The number of esters is 2. The van der Waals surface area contributed by atoms with Crippen LogP contribution in [-0.4, -0.2) is 85.0 Å². The SMILES string of the molecule is CO[Si](CCCOC(=O)/C=C/C(=O)OC[Si](OC)(OC)OC)(OC)OC. The number of ether oxygens (including phenoxy) is 2. The van der Waals surface area contributed by atoms with E-state index < -0.39 is 29.5 Å². The highest BCUT2D eigenvalue weighted by Crippen LogP contribution is 2.14. The van der Waals surface area contributed by atoms with Gasteiger partial charge in [-0.2, -0.15) is 0 Å². The van der Waals surface area contributed by atoms with Crippen LogP contribution in [0.2, 0.25) is 6.04 Å². The molecule has 0 aromatic heterocycles. The van der Waals surface area contributed by atoms with Crippen molar-refractivity contribution in [2.24, 2.45) is 0 Å². The van der Waals surface area contributed by atoms with Crippen LogP contribution in [0.25, 0.3) is 0 Å². The maximum Gasteiger partial charge on any atom is 0.539 e. The van der Waals surface area contributed by atoms with E-state index in [9.17, 15) is 9.59 Å². The molecular weight excluding hydrogens is 384 g/mol. The summed E-state index contributed by atoms with van der Waals surface area (Å²) in [7, 11) is 3.02. The van der Waals surface area contributed by atoms with Gasteiger partial charge in [0.25, 0.3) is 0 Å². The van der Waals surface area contributed by atoms with Gasteiger partial charge in [-0.15, -0.1) is 0 Å². The van der Waals surface area contributed by atoms with Crippen LogP contribution >= 0.6 is 0 Å². The van der Waals surface area contributed by atoms with Crippen molar-refractivity contribution in [3.63, 3.8) is 0 Å². The summed E-state index contributed by atoms with van der Waals surface area (Å²) in [5, 5.41) is 0. The minimum absolute atomic E-state index is 0.135. The zero-order valence-electron chi connectivity index (χ0n) is 16.1. The number of carbonyl (C=O) groups is 2. The molecule has 0 heterocycles. The Morgan fingerprint density at radius 3 is 1.54 bits per heavy atom. The Balaban J connectivity index is 4.21. The van der Waals surface area contributed by atoms with Crippen LogP contribution in [0.4, 0.5) is 0 Å². The Kier molecular flexibility index (Phi) is 12.5. The van der Waals surface area contributed by atoms with Crippen molar-refractivity contribution in [2.45, 2.75) is 12.5 Å². The monoisotopic (exact) mass is 412 g/mol. The Labute approximate surface area is 156 Å². The van der Waals surface area contributed by atoms with E-state index in [-0.39, 0.29) is 12.8 Å². The quantitative estimate of drug-likeness (QED) is 0.171. The van der Waals surface area contributed by atoms with Gasteiger partial charge in [0, 0.05) is 60.9 Å². The second-order valence-corrected chi connectivity index (χ2v) is 10.8. The maximum atomic E-state index is 11.6. The van der Waals surface area contributed by atoms with Crippen molar-refractivity contribution >= 4 is 29.5 Å². The zero-order valence-corrected chi connectivity index (χ0v) is 18.1. The van der Waals surface area contributed by atoms with Crippen LogP contribution in [0.15, 0.2) is 12.2 Å². The molecule has 0 spiro atoms. The molecule has 0 fully saturated rings. The molecule has 26 heavy (non-hydrogen) atoms. The van der Waals surface area contributed by atoms with Crippen molar-refractivity contribution in [3.8, 4) is 0 Å². The van der Waals surface area contributed by atoms with E-state index in [0.29, 0.717) is 12.5 Å². The van der Waals surface area contributed by atoms with E-state index in [1.807, 2.05) is 0 Å². The van der Waals surface area contributed by atoms with Crippen molar-refractivity contribution in [3.05, 3.63) is 12.2 Å². The predicted octanol–water partition coefficient (Wildman–Crippen LogP) is 0.315. The third kappa shape index (κ3) is 8.50. The first kappa shape index (κ1) is 24.9. The standard InChI is InChI=1S/C14H28O10Si2/c1-17-25(18-2,19-3)11-7-10-23-13(15)8-9-14(16)24-12-26(20-4,21-5)22-6/h8-9H,7,10-12H2,1-6H3/b9-8+. The second-order valence-electron chi connectivity index (χ2n) is 4.80. The Bertz CT molecular complexity index is 432. The second kappa shape index (κ2) is 13.1. The highest BCUT2D eigenvalue weighted by Gasteiger charge is 2.40. The summed E-state index contributed by atoms with van der Waals surface area (Å²) < 4.78 is 41.0. The molecule has 0 unspecified atom stereocenters. The first-order valence-corrected chi connectivity index (χ1v) is 11.5. The van der Waals surface area contributed by atoms with Crippen LogP contribution in [0.1, 0.15) is 6.42 Å². The number of rotatable bonds is 14. The van der Waals surface area contributed by atoms with Gasteiger partial charge < -0.3 is 36.0 Å². The lowest BCUT2D eigenvalue weighted by molar-refractivity contribution is -0.140. The fourth-order valence-electron chi connectivity index (χ4n) is 1.84. The van der Waals surface area contributed by atoms with Crippen LogP contribution in [0.5, 0.6) is 0 Å². The van der Waals surface area contributed by atoms with Gasteiger partial charge in [0.05, 0.1) is 6.61 Å². The van der Waals surface area contributed by atoms with Crippen molar-refractivity contribution in [1.29, 1.82) is 0 Å². The third-order valence-corrected chi connectivity index (χ3v) is 8.68. The lowest BCUT2D eigenvalue weighted by Gasteiger charge is -2.23. The van der Waals surface area contributed by atoms with Gasteiger partial charge in [0.2, 0.25) is 0 Å². The smallest absolute Gasteiger partial charge is 0.463 e. The van der Waals surface area contributed by atoms with Crippen molar-refractivity contribution in [2.75, 3.05) is 55.5 Å². The normalized spacial score (nSPS) is 12.4. The molecule has 0 N–H and O–H groups in total. The molecule has 10 nitrogen and oxygen atoms in total. The van der Waals surface area contributed by atoms with Crippen LogP contribution in [0, 0.1) is 0 Å². The number of hydrogen-bond acceptors (Lipinski definition) is 10. The summed E-state index contributed by atoms with van der Waals surface area (Å²) in [5.74, 6) is -1.41. The van der Waals surface area contributed by atoms with Crippen LogP contribution < -0.4 is 0 Å². The van der Waals surface area contributed by atoms with Gasteiger partial charge in [-0.05, 0) is 6.42 Å². The fraction of sp³-hybridized carbons (Fsp3) is 0.714. The molecule has 152 valence electrons. The number of hydrogen-bond donors (Lipinski definition) is 0. The minimum atomic E-state index is -3.02. The topological polar surface area (TPSA) is 108 Å². The Morgan fingerprint density at radius 2 is 1.12 bits per heavy atom. The first-order chi connectivity index (χ1) is 12.4. The first-order valence-electron chi connectivity index (χ1n) is 7.69. The third-order valence-electron chi connectivity index (χ3n) is 3.48. The summed E-state index contributed by atoms with van der Waals surface area (Å²) in [6, 6.07) is 0.493. The van der Waals surface area contributed by atoms with Crippen molar-refractivity contribution < 1.29 is 45.6 Å². The summed E-state index contributed by atoms with van der Waals surface area (Å²) in [5.41, 5.74) is 0. The molecule has 0 aliphatic carbocycles. The molecule has 0 saturated heterocycles. The molecule has 0 bridgehead atoms. The molecule has 0 rings (SSSR count). The van der Waals surface area contributed by atoms with E-state index in [2.05, 4.69) is 0 Å². The Morgan fingerprint density at radius 1 is 0.692 bits per heavy atom. The molecule has 0 aromatic carbocycles. The van der Waals surface area contributed by atoms with Crippen LogP contribution in [-0.2, 0) is 45.6 Å². The van der Waals surface area contributed by atoms with E-state index in [1.54, 1.807) is 0 Å². The summed E-state index contributed by atoms with van der Waals surface area (Å²) >= 11 is 0. The molecule has 0 aromatic rings. The fourth-order valence-corrected chi connectivity index (χ4v) is 4.70.